The molecule has 0 saturated carbocycles. The van der Waals surface area contributed by atoms with Crippen molar-refractivity contribution in [3.63, 3.8) is 0 Å². The number of aryl methyl sites for hydroxylation is 1. The lowest BCUT2D eigenvalue weighted by molar-refractivity contribution is 0.0698. The summed E-state index contributed by atoms with van der Waals surface area (Å²) in [6.45, 7) is 0. The van der Waals surface area contributed by atoms with Crippen LogP contribution < -0.4 is 5.73 Å². The van der Waals surface area contributed by atoms with E-state index in [0.717, 1.165) is 5.52 Å². The third-order valence-electron chi connectivity index (χ3n) is 2.13. The van der Waals surface area contributed by atoms with Gasteiger partial charge in [-0.1, -0.05) is 0 Å². The number of nitrogens with zero attached hydrogens (tertiary/aromatic N) is 2. The molecule has 1 aromatic carbocycles. The molecule has 14 heavy (non-hydrogen) atoms. The number of aromatic carboxylic acids is 1. The van der Waals surface area contributed by atoms with E-state index in [-0.39, 0.29) is 11.3 Å². The van der Waals surface area contributed by atoms with Crippen LogP contribution in [0.25, 0.3) is 11.0 Å². The summed E-state index contributed by atoms with van der Waals surface area (Å²) in [4.78, 5) is 14.8. The molecule has 2 rings (SSSR count). The summed E-state index contributed by atoms with van der Waals surface area (Å²) < 4.78 is 1.79. The summed E-state index contributed by atoms with van der Waals surface area (Å²) in [5.41, 5.74) is 7.41. The van der Waals surface area contributed by atoms with Crippen molar-refractivity contribution in [1.29, 1.82) is 0 Å². The highest BCUT2D eigenvalue weighted by atomic mass is 16.4. The Morgan fingerprint density at radius 1 is 1.57 bits per heavy atom. The molecule has 3 N–H and O–H groups in total. The molecule has 0 fully saturated rings. The van der Waals surface area contributed by atoms with Gasteiger partial charge in [-0.3, -0.25) is 0 Å². The van der Waals surface area contributed by atoms with Gasteiger partial charge in [-0.05, 0) is 12.1 Å². The zero-order valence-corrected chi connectivity index (χ0v) is 7.56. The van der Waals surface area contributed by atoms with Gasteiger partial charge in [-0.2, -0.15) is 0 Å². The maximum atomic E-state index is 10.8. The van der Waals surface area contributed by atoms with Crippen LogP contribution in [-0.2, 0) is 7.05 Å². The van der Waals surface area contributed by atoms with E-state index >= 15 is 0 Å². The lowest BCUT2D eigenvalue weighted by Gasteiger charge is -2.01. The molecule has 0 atom stereocenters. The van der Waals surface area contributed by atoms with Crippen molar-refractivity contribution in [3.8, 4) is 0 Å². The predicted octanol–water partition coefficient (Wildman–Crippen LogP) is 0.854. The molecule has 0 aliphatic carbocycles. The first kappa shape index (κ1) is 8.55. The van der Waals surface area contributed by atoms with Crippen LogP contribution in [0.15, 0.2) is 18.5 Å². The number of benzene rings is 1. The highest BCUT2D eigenvalue weighted by Crippen LogP contribution is 2.20. The number of carboxylic acids is 1. The molecule has 5 heteroatoms. The molecule has 0 bridgehead atoms. The molecular formula is C9H9N3O2. The Bertz CT molecular complexity index is 516. The van der Waals surface area contributed by atoms with Gasteiger partial charge in [0.15, 0.2) is 0 Å². The number of imidazole rings is 1. The van der Waals surface area contributed by atoms with Gasteiger partial charge in [0.1, 0.15) is 0 Å². The maximum absolute atomic E-state index is 10.8. The van der Waals surface area contributed by atoms with E-state index in [2.05, 4.69) is 4.98 Å². The highest BCUT2D eigenvalue weighted by Gasteiger charge is 2.10. The smallest absolute Gasteiger partial charge is 0.337 e. The predicted molar refractivity (Wildman–Crippen MR) is 52.1 cm³/mol. The summed E-state index contributed by atoms with van der Waals surface area (Å²) in [5.74, 6) is -1.03. The molecule has 0 saturated heterocycles. The molecule has 2 aromatic rings. The Kier molecular flexibility index (Phi) is 1.67. The first-order valence-corrected chi connectivity index (χ1v) is 4.03. The van der Waals surface area contributed by atoms with Crippen LogP contribution in [0.2, 0.25) is 0 Å². The summed E-state index contributed by atoms with van der Waals surface area (Å²) in [5, 5.41) is 8.82. The monoisotopic (exact) mass is 191 g/mol. The Morgan fingerprint density at radius 3 is 2.93 bits per heavy atom. The summed E-state index contributed by atoms with van der Waals surface area (Å²) >= 11 is 0. The van der Waals surface area contributed by atoms with Crippen LogP contribution in [0, 0.1) is 0 Å². The van der Waals surface area contributed by atoms with Crippen LogP contribution in [0.1, 0.15) is 10.4 Å². The highest BCUT2D eigenvalue weighted by molar-refractivity contribution is 5.98. The molecule has 1 heterocycles. The van der Waals surface area contributed by atoms with Gasteiger partial charge in [-0.15, -0.1) is 0 Å². The van der Waals surface area contributed by atoms with Gasteiger partial charge < -0.3 is 15.4 Å². The number of fused-ring (bicyclic) bond motifs is 1. The lowest BCUT2D eigenvalue weighted by atomic mass is 10.1. The van der Waals surface area contributed by atoms with E-state index in [9.17, 15) is 4.79 Å². The largest absolute Gasteiger partial charge is 0.478 e. The van der Waals surface area contributed by atoms with Gasteiger partial charge in [0.25, 0.3) is 0 Å². The summed E-state index contributed by atoms with van der Waals surface area (Å²) in [6, 6.07) is 3.10. The SMILES string of the molecule is Cn1cnc2cc(C(=O)O)c(N)cc21. The fourth-order valence-electron chi connectivity index (χ4n) is 1.38. The van der Waals surface area contributed by atoms with Crippen LogP contribution >= 0.6 is 0 Å². The zero-order chi connectivity index (χ0) is 10.3. The molecule has 0 unspecified atom stereocenters. The Labute approximate surface area is 79.8 Å². The Hall–Kier alpha value is -2.04. The molecule has 1 aromatic heterocycles. The molecule has 0 amide bonds. The van der Waals surface area contributed by atoms with E-state index < -0.39 is 5.97 Å². The average Bonchev–Trinajstić information content (AvgIpc) is 2.46. The molecule has 0 aliphatic heterocycles. The standard InChI is InChI=1S/C9H9N3O2/c1-12-4-11-7-2-5(9(13)14)6(10)3-8(7)12/h2-4H,10H2,1H3,(H,13,14). The van der Waals surface area contributed by atoms with Gasteiger partial charge >= 0.3 is 5.97 Å². The van der Waals surface area contributed by atoms with Crippen molar-refractivity contribution in [1.82, 2.24) is 9.55 Å². The minimum atomic E-state index is -1.03. The zero-order valence-electron chi connectivity index (χ0n) is 7.56. The van der Waals surface area contributed by atoms with E-state index in [1.807, 2.05) is 7.05 Å². The number of anilines is 1. The second kappa shape index (κ2) is 2.73. The first-order chi connectivity index (χ1) is 6.59. The number of aromatic nitrogens is 2. The van der Waals surface area contributed by atoms with Crippen LogP contribution in [0.3, 0.4) is 0 Å². The Morgan fingerprint density at radius 2 is 2.29 bits per heavy atom. The van der Waals surface area contributed by atoms with Crippen LogP contribution in [0.4, 0.5) is 5.69 Å². The molecular weight excluding hydrogens is 182 g/mol. The van der Waals surface area contributed by atoms with Crippen molar-refractivity contribution >= 4 is 22.7 Å². The van der Waals surface area contributed by atoms with E-state index in [1.165, 1.54) is 6.07 Å². The third-order valence-corrected chi connectivity index (χ3v) is 2.13. The molecule has 0 spiro atoms. The van der Waals surface area contributed by atoms with Crippen LogP contribution in [-0.4, -0.2) is 20.6 Å². The molecule has 72 valence electrons. The normalized spacial score (nSPS) is 10.6. The third kappa shape index (κ3) is 1.10. The van der Waals surface area contributed by atoms with E-state index in [4.69, 9.17) is 10.8 Å². The van der Waals surface area contributed by atoms with Gasteiger partial charge in [0.05, 0.1) is 22.9 Å². The van der Waals surface area contributed by atoms with Crippen molar-refractivity contribution in [2.24, 2.45) is 7.05 Å². The minimum Gasteiger partial charge on any atom is -0.478 e. The van der Waals surface area contributed by atoms with Crippen molar-refractivity contribution in [3.05, 3.63) is 24.0 Å². The van der Waals surface area contributed by atoms with Crippen molar-refractivity contribution < 1.29 is 9.90 Å². The Balaban J connectivity index is 2.79. The average molecular weight is 191 g/mol. The van der Waals surface area contributed by atoms with Gasteiger partial charge in [0, 0.05) is 12.7 Å². The van der Waals surface area contributed by atoms with E-state index in [1.54, 1.807) is 17.0 Å². The number of carbonyl (C=O) groups is 1. The topological polar surface area (TPSA) is 81.1 Å². The summed E-state index contributed by atoms with van der Waals surface area (Å²) in [7, 11) is 1.83. The fourth-order valence-corrected chi connectivity index (χ4v) is 1.38. The maximum Gasteiger partial charge on any atom is 0.337 e. The number of hydrogen-bond acceptors (Lipinski definition) is 3. The molecule has 5 nitrogen and oxygen atoms in total. The number of nitrogens with two attached hydrogens (primary N) is 1. The number of rotatable bonds is 1. The van der Waals surface area contributed by atoms with Gasteiger partial charge in [-0.25, -0.2) is 9.78 Å². The number of carboxylic acid groups (broad SMARTS) is 1. The first-order valence-electron chi connectivity index (χ1n) is 4.03. The van der Waals surface area contributed by atoms with Gasteiger partial charge in [0.2, 0.25) is 0 Å². The fraction of sp³-hybridized carbons (Fsp3) is 0.111. The molecule has 0 aliphatic rings. The summed E-state index contributed by atoms with van der Waals surface area (Å²) in [6.07, 6.45) is 1.62. The quantitative estimate of drug-likeness (QED) is 0.655. The lowest BCUT2D eigenvalue weighted by Crippen LogP contribution is -2.02. The second-order valence-electron chi connectivity index (χ2n) is 3.09. The number of nitrogen functional groups attached to an aromatic ring is 1. The van der Waals surface area contributed by atoms with Crippen LogP contribution in [0.5, 0.6) is 0 Å². The minimum absolute atomic E-state index is 0.0937. The van der Waals surface area contributed by atoms with Crippen molar-refractivity contribution in [2.45, 2.75) is 0 Å². The second-order valence-corrected chi connectivity index (χ2v) is 3.09. The molecule has 0 radical (unpaired) electrons. The van der Waals surface area contributed by atoms with Crippen molar-refractivity contribution in [2.75, 3.05) is 5.73 Å². The van der Waals surface area contributed by atoms with E-state index in [0.29, 0.717) is 5.52 Å². The number of hydrogen-bond donors (Lipinski definition) is 2.